The van der Waals surface area contributed by atoms with Crippen LogP contribution in [0.15, 0.2) is 133 Å². The number of aromatic nitrogens is 2. The summed E-state index contributed by atoms with van der Waals surface area (Å²) < 4.78 is 4.52. The molecule has 5 heteroatoms. The Bertz CT molecular complexity index is 2630. The van der Waals surface area contributed by atoms with Crippen LogP contribution < -0.4 is 0 Å². The van der Waals surface area contributed by atoms with Gasteiger partial charge in [-0.2, -0.15) is 15.8 Å². The predicted molar refractivity (Wildman–Crippen MR) is 207 cm³/mol. The van der Waals surface area contributed by atoms with Crippen molar-refractivity contribution in [1.29, 1.82) is 15.8 Å². The summed E-state index contributed by atoms with van der Waals surface area (Å²) in [5.41, 5.74) is 11.7. The molecule has 2 aromatic heterocycles. The van der Waals surface area contributed by atoms with Crippen molar-refractivity contribution in [2.45, 2.75) is 39.0 Å². The normalized spacial score (nSPS) is 17.3. The lowest BCUT2D eigenvalue weighted by molar-refractivity contribution is 0.775. The molecule has 0 N–H and O–H groups in total. The molecule has 5 nitrogen and oxygen atoms in total. The lowest BCUT2D eigenvalue weighted by Gasteiger charge is -2.26. The molecule has 2 atom stereocenters. The number of benzene rings is 4. The highest BCUT2D eigenvalue weighted by molar-refractivity contribution is 6.10. The van der Waals surface area contributed by atoms with Crippen molar-refractivity contribution in [2.75, 3.05) is 0 Å². The third kappa shape index (κ3) is 5.21. The van der Waals surface area contributed by atoms with Gasteiger partial charge in [0, 0.05) is 39.0 Å². The molecule has 0 aliphatic heterocycles. The molecule has 0 saturated carbocycles. The van der Waals surface area contributed by atoms with E-state index in [1.807, 2.05) is 30.3 Å². The van der Waals surface area contributed by atoms with Crippen LogP contribution >= 0.6 is 0 Å². The van der Waals surface area contributed by atoms with Crippen LogP contribution in [0, 0.1) is 46.8 Å². The Hall–Kier alpha value is -6.61. The Labute approximate surface area is 297 Å². The highest BCUT2D eigenvalue weighted by Crippen LogP contribution is 2.42. The van der Waals surface area contributed by atoms with Crippen molar-refractivity contribution in [2.24, 2.45) is 5.92 Å². The van der Waals surface area contributed by atoms with Crippen molar-refractivity contribution in [1.82, 2.24) is 9.13 Å². The van der Waals surface area contributed by atoms with Crippen LogP contribution in [0.25, 0.3) is 50.2 Å². The fraction of sp³-hybridized carbons (Fsp3) is 0.152. The molecule has 0 bridgehead atoms. The zero-order valence-electron chi connectivity index (χ0n) is 28.6. The summed E-state index contributed by atoms with van der Waals surface area (Å²) in [5, 5.41) is 33.8. The summed E-state index contributed by atoms with van der Waals surface area (Å²) >= 11 is 0. The monoisotopic (exact) mass is 657 g/mol. The van der Waals surface area contributed by atoms with Crippen LogP contribution in [-0.2, 0) is 0 Å². The first-order chi connectivity index (χ1) is 25.1. The van der Waals surface area contributed by atoms with E-state index in [1.54, 1.807) is 0 Å². The number of allylic oxidation sites excluding steroid dienone is 9. The van der Waals surface area contributed by atoms with Gasteiger partial charge < -0.3 is 9.13 Å². The zero-order valence-corrected chi connectivity index (χ0v) is 28.6. The van der Waals surface area contributed by atoms with Gasteiger partial charge in [-0.25, -0.2) is 0 Å². The summed E-state index contributed by atoms with van der Waals surface area (Å²) in [4.78, 5) is 0. The first kappa shape index (κ1) is 31.6. The minimum absolute atomic E-state index is 0.0268. The lowest BCUT2D eigenvalue weighted by atomic mass is 9.81. The Morgan fingerprint density at radius 2 is 1.53 bits per heavy atom. The molecule has 51 heavy (non-hydrogen) atoms. The van der Waals surface area contributed by atoms with Crippen LogP contribution in [0.4, 0.5) is 0 Å². The van der Waals surface area contributed by atoms with Gasteiger partial charge in [0.15, 0.2) is 0 Å². The van der Waals surface area contributed by atoms with E-state index in [1.165, 1.54) is 10.8 Å². The Kier molecular flexibility index (Phi) is 8.08. The quantitative estimate of drug-likeness (QED) is 0.179. The second-order valence-corrected chi connectivity index (χ2v) is 13.2. The van der Waals surface area contributed by atoms with Gasteiger partial charge in [0.1, 0.15) is 6.07 Å². The molecule has 2 heterocycles. The van der Waals surface area contributed by atoms with Gasteiger partial charge >= 0.3 is 0 Å². The molecule has 8 rings (SSSR count). The summed E-state index contributed by atoms with van der Waals surface area (Å²) in [7, 11) is 0. The maximum absolute atomic E-state index is 10.4. The fourth-order valence-electron chi connectivity index (χ4n) is 7.96. The number of para-hydroxylation sites is 3. The molecule has 0 spiro atoms. The molecule has 0 radical (unpaired) electrons. The molecule has 0 amide bonds. The minimum Gasteiger partial charge on any atom is -0.312 e. The predicted octanol–water partition coefficient (Wildman–Crippen LogP) is 11.2. The van der Waals surface area contributed by atoms with E-state index >= 15 is 0 Å². The van der Waals surface area contributed by atoms with E-state index in [0.29, 0.717) is 17.5 Å². The Morgan fingerprint density at radius 3 is 2.20 bits per heavy atom. The van der Waals surface area contributed by atoms with Gasteiger partial charge in [0.25, 0.3) is 0 Å². The molecule has 4 aromatic carbocycles. The fourth-order valence-corrected chi connectivity index (χ4v) is 7.96. The van der Waals surface area contributed by atoms with Crippen molar-refractivity contribution < 1.29 is 0 Å². The molecular formula is C46H35N5. The molecule has 0 saturated heterocycles. The Balaban J connectivity index is 1.20. The number of nitrogens with zero attached hydrogens (tertiary/aromatic N) is 5. The van der Waals surface area contributed by atoms with Crippen LogP contribution in [-0.4, -0.2) is 9.13 Å². The summed E-state index contributed by atoms with van der Waals surface area (Å²) in [6.45, 7) is 4.20. The van der Waals surface area contributed by atoms with Crippen molar-refractivity contribution in [3.63, 3.8) is 0 Å². The second-order valence-electron chi connectivity index (χ2n) is 13.2. The van der Waals surface area contributed by atoms with Crippen LogP contribution in [0.1, 0.15) is 60.1 Å². The van der Waals surface area contributed by atoms with E-state index in [2.05, 4.69) is 138 Å². The van der Waals surface area contributed by atoms with Crippen molar-refractivity contribution in [3.8, 4) is 23.9 Å². The minimum atomic E-state index is -0.242. The molecule has 2 aliphatic rings. The van der Waals surface area contributed by atoms with E-state index in [9.17, 15) is 15.8 Å². The highest BCUT2D eigenvalue weighted by atomic mass is 15.0. The largest absolute Gasteiger partial charge is 0.312 e. The molecule has 2 unspecified atom stereocenters. The van der Waals surface area contributed by atoms with Crippen LogP contribution in [0.5, 0.6) is 0 Å². The lowest BCUT2D eigenvalue weighted by Crippen LogP contribution is -2.12. The Morgan fingerprint density at radius 1 is 0.784 bits per heavy atom. The maximum atomic E-state index is 10.4. The summed E-state index contributed by atoms with van der Waals surface area (Å²) in [5.74, 6) is -0.215. The molecular weight excluding hydrogens is 623 g/mol. The van der Waals surface area contributed by atoms with Gasteiger partial charge in [-0.1, -0.05) is 91.9 Å². The van der Waals surface area contributed by atoms with E-state index in [4.69, 9.17) is 0 Å². The molecule has 2 aliphatic carbocycles. The third-order valence-corrected chi connectivity index (χ3v) is 10.4. The van der Waals surface area contributed by atoms with Gasteiger partial charge in [-0.3, -0.25) is 0 Å². The summed E-state index contributed by atoms with van der Waals surface area (Å²) in [6, 6.07) is 36.1. The van der Waals surface area contributed by atoms with Gasteiger partial charge in [-0.05, 0) is 85.4 Å². The average molecular weight is 658 g/mol. The topological polar surface area (TPSA) is 81.2 Å². The first-order valence-electron chi connectivity index (χ1n) is 17.5. The molecule has 6 aromatic rings. The van der Waals surface area contributed by atoms with E-state index < -0.39 is 0 Å². The number of hydrogen-bond acceptors (Lipinski definition) is 3. The van der Waals surface area contributed by atoms with Gasteiger partial charge in [0.05, 0.1) is 51.4 Å². The SMILES string of the molecule is CC/C=C\c1c(C)n(-c2c(C#N)cccc2C2C=CC(C3=CC(n4c5ccccc5c5ccccc54)=CCC3C#N)=CC2)c2ccc(C#N)cc12. The highest BCUT2D eigenvalue weighted by Gasteiger charge is 2.26. The number of nitriles is 3. The maximum Gasteiger partial charge on any atom is 0.101 e. The van der Waals surface area contributed by atoms with Gasteiger partial charge in [0.2, 0.25) is 0 Å². The van der Waals surface area contributed by atoms with E-state index in [0.717, 1.165) is 74.1 Å². The zero-order chi connectivity index (χ0) is 35.1. The third-order valence-electron chi connectivity index (χ3n) is 10.4. The second kappa shape index (κ2) is 13.0. The smallest absolute Gasteiger partial charge is 0.101 e. The van der Waals surface area contributed by atoms with Crippen LogP contribution in [0.2, 0.25) is 0 Å². The number of hydrogen-bond donors (Lipinski definition) is 0. The standard InChI is InChI=1S/C46H35N5/c1-3-4-11-37-30(2)50(45-24-17-31(27-47)25-42(37)45)46-35(29-49)10-9-14-38(46)32-18-20-33(21-19-32)41-26-36(23-22-34(41)28-48)51-43-15-7-5-12-39(43)40-13-6-8-16-44(40)51/h4-18,20-21,23-26,32,34H,3,19,22H2,1-2H3/b11-4-. The number of fused-ring (bicyclic) bond motifs is 4. The van der Waals surface area contributed by atoms with E-state index in [-0.39, 0.29) is 11.8 Å². The average Bonchev–Trinajstić information content (AvgIpc) is 3.66. The van der Waals surface area contributed by atoms with Gasteiger partial charge in [-0.15, -0.1) is 0 Å². The van der Waals surface area contributed by atoms with Crippen molar-refractivity contribution >= 4 is 44.5 Å². The number of rotatable bonds is 6. The van der Waals surface area contributed by atoms with Crippen LogP contribution in [0.3, 0.4) is 0 Å². The molecule has 0 fully saturated rings. The first-order valence-corrected chi connectivity index (χ1v) is 17.5. The summed E-state index contributed by atoms with van der Waals surface area (Å²) in [6.07, 6.45) is 17.6. The van der Waals surface area contributed by atoms with Crippen molar-refractivity contribution in [3.05, 3.63) is 160 Å². The molecule has 244 valence electrons.